The first kappa shape index (κ1) is 25.9. The first-order chi connectivity index (χ1) is 19.9. The molecule has 5 aromatic rings. The van der Waals surface area contributed by atoms with E-state index in [1.165, 1.54) is 24.1 Å². The van der Waals surface area contributed by atoms with Crippen LogP contribution in [0, 0.1) is 5.82 Å². The third-order valence-electron chi connectivity index (χ3n) is 7.03. The lowest BCUT2D eigenvalue weighted by molar-refractivity contribution is -0.122. The van der Waals surface area contributed by atoms with Crippen LogP contribution in [0.5, 0.6) is 5.75 Å². The molecule has 0 radical (unpaired) electrons. The number of carbonyl (C=O) groups is 3. The lowest BCUT2D eigenvalue weighted by Gasteiger charge is -2.28. The summed E-state index contributed by atoms with van der Waals surface area (Å²) in [5.41, 5.74) is 3.39. The number of amides is 3. The third kappa shape index (κ3) is 5.05. The van der Waals surface area contributed by atoms with Crippen LogP contribution in [0.2, 0.25) is 0 Å². The van der Waals surface area contributed by atoms with Gasteiger partial charge in [-0.2, -0.15) is 0 Å². The van der Waals surface area contributed by atoms with E-state index < -0.39 is 29.6 Å². The van der Waals surface area contributed by atoms with Crippen molar-refractivity contribution in [2.75, 3.05) is 12.0 Å². The zero-order valence-corrected chi connectivity index (χ0v) is 22.0. The molecule has 1 aliphatic heterocycles. The van der Waals surface area contributed by atoms with Gasteiger partial charge in [0.05, 0.1) is 19.2 Å². The molecular weight excluding hydrogens is 525 g/mol. The molecule has 204 valence electrons. The molecule has 9 heteroatoms. The van der Waals surface area contributed by atoms with Gasteiger partial charge in [-0.15, -0.1) is 0 Å². The van der Waals surface area contributed by atoms with Gasteiger partial charge in [0.2, 0.25) is 11.8 Å². The fourth-order valence-corrected chi connectivity index (χ4v) is 4.89. The number of imide groups is 1. The first-order valence-electron chi connectivity index (χ1n) is 12.9. The molecule has 1 aliphatic rings. The Kier molecular flexibility index (Phi) is 6.76. The Labute approximate surface area is 234 Å². The van der Waals surface area contributed by atoms with Crippen LogP contribution in [0.3, 0.4) is 0 Å². The van der Waals surface area contributed by atoms with E-state index >= 15 is 0 Å². The Bertz CT molecular complexity index is 1710. The van der Waals surface area contributed by atoms with Crippen molar-refractivity contribution in [3.8, 4) is 17.2 Å². The molecule has 2 heterocycles. The van der Waals surface area contributed by atoms with Crippen LogP contribution in [0.4, 0.5) is 10.1 Å². The third-order valence-corrected chi connectivity index (χ3v) is 7.03. The summed E-state index contributed by atoms with van der Waals surface area (Å²) in [4.78, 5) is 47.5. The number of aromatic nitrogens is 1. The highest BCUT2D eigenvalue weighted by Gasteiger charge is 2.44. The van der Waals surface area contributed by atoms with E-state index in [1.54, 1.807) is 60.7 Å². The fourth-order valence-electron chi connectivity index (χ4n) is 4.89. The van der Waals surface area contributed by atoms with Gasteiger partial charge in [-0.3, -0.25) is 14.4 Å². The van der Waals surface area contributed by atoms with Crippen LogP contribution in [0.15, 0.2) is 101 Å². The molecule has 1 atom stereocenters. The van der Waals surface area contributed by atoms with Crippen LogP contribution in [0.25, 0.3) is 22.6 Å². The van der Waals surface area contributed by atoms with Crippen LogP contribution in [-0.4, -0.2) is 40.8 Å². The number of carbonyl (C=O) groups excluding carboxylic acids is 3. The zero-order chi connectivity index (χ0) is 28.5. The molecule has 0 aliphatic carbocycles. The summed E-state index contributed by atoms with van der Waals surface area (Å²) in [6, 6.07) is 25.3. The first-order valence-corrected chi connectivity index (χ1v) is 12.9. The number of ether oxygens (including phenoxy) is 1. The number of methoxy groups -OCH3 is 1. The number of oxazole rings is 1. The van der Waals surface area contributed by atoms with Gasteiger partial charge in [-0.05, 0) is 78.4 Å². The summed E-state index contributed by atoms with van der Waals surface area (Å²) >= 11 is 0. The number of anilines is 1. The number of hydrogen-bond donors (Lipinski definition) is 0. The van der Waals surface area contributed by atoms with Gasteiger partial charge in [0.15, 0.2) is 5.58 Å². The molecule has 8 nitrogen and oxygen atoms in total. The number of hydrogen-bond acceptors (Lipinski definition) is 6. The Morgan fingerprint density at radius 3 is 2.37 bits per heavy atom. The molecule has 4 aromatic carbocycles. The maximum Gasteiger partial charge on any atom is 0.257 e. The summed E-state index contributed by atoms with van der Waals surface area (Å²) in [7, 11) is 1.52. The maximum absolute atomic E-state index is 13.7. The van der Waals surface area contributed by atoms with E-state index in [9.17, 15) is 18.8 Å². The summed E-state index contributed by atoms with van der Waals surface area (Å²) < 4.78 is 24.6. The summed E-state index contributed by atoms with van der Waals surface area (Å²) in [5, 5.41) is 0. The summed E-state index contributed by atoms with van der Waals surface area (Å²) in [5.74, 6) is -0.802. The summed E-state index contributed by atoms with van der Waals surface area (Å²) in [6.45, 7) is 0.0132. The molecular formula is C32H24FN3O5. The van der Waals surface area contributed by atoms with Crippen molar-refractivity contribution >= 4 is 34.5 Å². The van der Waals surface area contributed by atoms with Crippen LogP contribution < -0.4 is 9.64 Å². The molecule has 0 N–H and O–H groups in total. The Morgan fingerprint density at radius 2 is 1.68 bits per heavy atom. The van der Waals surface area contributed by atoms with Crippen molar-refractivity contribution in [3.05, 3.63) is 114 Å². The van der Waals surface area contributed by atoms with E-state index in [2.05, 4.69) is 4.98 Å². The van der Waals surface area contributed by atoms with Crippen LogP contribution >= 0.6 is 0 Å². The van der Waals surface area contributed by atoms with Gasteiger partial charge >= 0.3 is 0 Å². The maximum atomic E-state index is 13.7. The molecule has 41 heavy (non-hydrogen) atoms. The monoisotopic (exact) mass is 549 g/mol. The van der Waals surface area contributed by atoms with Gasteiger partial charge in [0.1, 0.15) is 23.1 Å². The van der Waals surface area contributed by atoms with Crippen LogP contribution in [-0.2, 0) is 16.1 Å². The average molecular weight is 550 g/mol. The normalized spacial score (nSPS) is 15.0. The zero-order valence-electron chi connectivity index (χ0n) is 22.0. The number of halogens is 1. The topological polar surface area (TPSA) is 92.9 Å². The average Bonchev–Trinajstić information content (AvgIpc) is 3.57. The highest BCUT2D eigenvalue weighted by Crippen LogP contribution is 2.31. The molecule has 1 fully saturated rings. The second-order valence-corrected chi connectivity index (χ2v) is 9.61. The quantitative estimate of drug-likeness (QED) is 0.245. The van der Waals surface area contributed by atoms with E-state index in [0.717, 1.165) is 10.4 Å². The number of benzene rings is 4. The second kappa shape index (κ2) is 10.7. The Hall–Kier alpha value is -5.31. The SMILES string of the molecule is COc1ccc(C(=O)N(Cc2ccc(F)cc2)C2CC(=O)N(c3ccc(-c4nc5ccccc5o4)cc3)C2=O)cc1. The van der Waals surface area contributed by atoms with Crippen molar-refractivity contribution in [3.63, 3.8) is 0 Å². The predicted octanol–water partition coefficient (Wildman–Crippen LogP) is 5.62. The van der Waals surface area contributed by atoms with Gasteiger partial charge in [-0.25, -0.2) is 14.3 Å². The Balaban J connectivity index is 1.28. The van der Waals surface area contributed by atoms with Crippen molar-refractivity contribution in [2.45, 2.75) is 19.0 Å². The highest BCUT2D eigenvalue weighted by molar-refractivity contribution is 6.23. The number of fused-ring (bicyclic) bond motifs is 1. The Morgan fingerprint density at radius 1 is 0.976 bits per heavy atom. The van der Waals surface area contributed by atoms with Crippen molar-refractivity contribution in [2.24, 2.45) is 0 Å². The van der Waals surface area contributed by atoms with E-state index in [-0.39, 0.29) is 13.0 Å². The minimum atomic E-state index is -1.04. The largest absolute Gasteiger partial charge is 0.497 e. The smallest absolute Gasteiger partial charge is 0.257 e. The van der Waals surface area contributed by atoms with Gasteiger partial charge in [0.25, 0.3) is 11.8 Å². The summed E-state index contributed by atoms with van der Waals surface area (Å²) in [6.07, 6.45) is -0.186. The number of para-hydroxylation sites is 2. The van der Waals surface area contributed by atoms with Gasteiger partial charge in [0, 0.05) is 17.7 Å². The van der Waals surface area contributed by atoms with E-state index in [0.29, 0.717) is 39.6 Å². The molecule has 0 bridgehead atoms. The molecule has 0 saturated carbocycles. The predicted molar refractivity (Wildman–Crippen MR) is 150 cm³/mol. The lowest BCUT2D eigenvalue weighted by Crippen LogP contribution is -2.45. The molecule has 3 amide bonds. The fraction of sp³-hybridized carbons (Fsp3) is 0.125. The second-order valence-electron chi connectivity index (χ2n) is 9.61. The van der Waals surface area contributed by atoms with Crippen molar-refractivity contribution in [1.82, 2.24) is 9.88 Å². The highest BCUT2D eigenvalue weighted by atomic mass is 19.1. The molecule has 1 unspecified atom stereocenters. The van der Waals surface area contributed by atoms with Gasteiger partial charge in [-0.1, -0.05) is 24.3 Å². The van der Waals surface area contributed by atoms with Crippen molar-refractivity contribution in [1.29, 1.82) is 0 Å². The van der Waals surface area contributed by atoms with E-state index in [4.69, 9.17) is 9.15 Å². The molecule has 1 aromatic heterocycles. The van der Waals surface area contributed by atoms with E-state index in [1.807, 2.05) is 24.3 Å². The standard InChI is InChI=1S/C32H24FN3O5/c1-40-25-16-10-22(11-17-25)31(38)35(19-20-6-12-23(33)13-7-20)27-18-29(37)36(32(27)39)24-14-8-21(9-15-24)30-34-26-4-2-3-5-28(26)41-30/h2-17,27H,18-19H2,1H3. The van der Waals surface area contributed by atoms with Crippen molar-refractivity contribution < 1.29 is 27.9 Å². The number of nitrogens with zero attached hydrogens (tertiary/aromatic N) is 3. The van der Waals surface area contributed by atoms with Crippen LogP contribution in [0.1, 0.15) is 22.3 Å². The molecule has 6 rings (SSSR count). The molecule has 1 saturated heterocycles. The van der Waals surface area contributed by atoms with Gasteiger partial charge < -0.3 is 14.1 Å². The number of rotatable bonds is 7. The lowest BCUT2D eigenvalue weighted by atomic mass is 10.1. The molecule has 0 spiro atoms. The minimum Gasteiger partial charge on any atom is -0.497 e. The minimum absolute atomic E-state index is 0.0132.